The molecule has 2 rings (SSSR count). The highest BCUT2D eigenvalue weighted by Gasteiger charge is 2.20. The molecule has 0 saturated carbocycles. The second-order valence-electron chi connectivity index (χ2n) is 3.59. The van der Waals surface area contributed by atoms with Crippen LogP contribution in [0.15, 0.2) is 18.2 Å². The van der Waals surface area contributed by atoms with Crippen molar-refractivity contribution < 1.29 is 13.6 Å². The Morgan fingerprint density at radius 1 is 1.33 bits per heavy atom. The molecule has 94 valence electrons. The second-order valence-corrected chi connectivity index (χ2v) is 4.75. The molecule has 18 heavy (non-hydrogen) atoms. The van der Waals surface area contributed by atoms with Crippen molar-refractivity contribution in [2.75, 3.05) is 11.9 Å². The first kappa shape index (κ1) is 12.6. The number of anilines is 1. The van der Waals surface area contributed by atoms with Crippen LogP contribution < -0.4 is 4.90 Å². The first-order chi connectivity index (χ1) is 8.49. The van der Waals surface area contributed by atoms with Gasteiger partial charge >= 0.3 is 0 Å². The normalized spacial score (nSPS) is 10.4. The molecule has 0 N–H and O–H groups in total. The van der Waals surface area contributed by atoms with Crippen molar-refractivity contribution in [1.29, 1.82) is 0 Å². The predicted molar refractivity (Wildman–Crippen MR) is 63.7 cm³/mol. The van der Waals surface area contributed by atoms with E-state index < -0.39 is 17.5 Å². The number of amides is 1. The molecule has 7 heteroatoms. The average molecular weight is 269 g/mol. The molecular formula is C11H9F2N3OS. The number of nitrogens with zero attached hydrogens (tertiary/aromatic N) is 3. The summed E-state index contributed by atoms with van der Waals surface area (Å²) in [5, 5.41) is 8.62. The minimum absolute atomic E-state index is 0.202. The molecule has 0 bridgehead atoms. The van der Waals surface area contributed by atoms with Crippen molar-refractivity contribution in [3.05, 3.63) is 40.4 Å². The standard InChI is InChI=1S/C11H9F2N3OS/c1-6-14-15-11(18-6)16(2)10(17)8-4-3-7(12)5-9(8)13/h3-5H,1-2H3. The third kappa shape index (κ3) is 2.35. The minimum atomic E-state index is -0.895. The summed E-state index contributed by atoms with van der Waals surface area (Å²) in [6, 6.07) is 2.82. The summed E-state index contributed by atoms with van der Waals surface area (Å²) >= 11 is 1.21. The van der Waals surface area contributed by atoms with Crippen LogP contribution in [0.4, 0.5) is 13.9 Å². The van der Waals surface area contributed by atoms with E-state index in [0.717, 1.165) is 12.1 Å². The summed E-state index contributed by atoms with van der Waals surface area (Å²) in [4.78, 5) is 13.2. The number of halogens is 2. The molecule has 2 aromatic rings. The third-order valence-corrected chi connectivity index (χ3v) is 3.18. The van der Waals surface area contributed by atoms with Crippen LogP contribution in [-0.2, 0) is 0 Å². The largest absolute Gasteiger partial charge is 0.286 e. The summed E-state index contributed by atoms with van der Waals surface area (Å²) in [7, 11) is 1.46. The van der Waals surface area contributed by atoms with E-state index in [2.05, 4.69) is 10.2 Å². The number of hydrogen-bond donors (Lipinski definition) is 0. The van der Waals surface area contributed by atoms with Gasteiger partial charge in [-0.15, -0.1) is 10.2 Å². The van der Waals surface area contributed by atoms with E-state index in [1.165, 1.54) is 23.3 Å². The number of hydrogen-bond acceptors (Lipinski definition) is 4. The summed E-state index contributed by atoms with van der Waals surface area (Å²) < 4.78 is 26.2. The first-order valence-corrected chi connectivity index (χ1v) is 5.84. The van der Waals surface area contributed by atoms with Gasteiger partial charge < -0.3 is 0 Å². The monoisotopic (exact) mass is 269 g/mol. The first-order valence-electron chi connectivity index (χ1n) is 5.02. The van der Waals surface area contributed by atoms with E-state index >= 15 is 0 Å². The van der Waals surface area contributed by atoms with E-state index in [0.29, 0.717) is 16.2 Å². The molecular weight excluding hydrogens is 260 g/mol. The Bertz CT molecular complexity index is 600. The summed E-state index contributed by atoms with van der Waals surface area (Å²) in [6.45, 7) is 1.75. The molecule has 0 aliphatic carbocycles. The van der Waals surface area contributed by atoms with Gasteiger partial charge in [0.25, 0.3) is 5.91 Å². The molecule has 0 atom stereocenters. The molecule has 0 unspecified atom stereocenters. The number of carbonyl (C=O) groups excluding carboxylic acids is 1. The van der Waals surface area contributed by atoms with Gasteiger partial charge in [-0.05, 0) is 19.1 Å². The summed E-state index contributed by atoms with van der Waals surface area (Å²) in [5.41, 5.74) is -0.202. The van der Waals surface area contributed by atoms with Gasteiger partial charge in [0.1, 0.15) is 16.6 Å². The molecule has 1 amide bonds. The van der Waals surface area contributed by atoms with Crippen molar-refractivity contribution in [3.8, 4) is 0 Å². The lowest BCUT2D eigenvalue weighted by Gasteiger charge is -2.13. The summed E-state index contributed by atoms with van der Waals surface area (Å²) in [5.74, 6) is -2.21. The quantitative estimate of drug-likeness (QED) is 0.841. The van der Waals surface area contributed by atoms with Crippen molar-refractivity contribution in [3.63, 3.8) is 0 Å². The molecule has 0 fully saturated rings. The fourth-order valence-corrected chi connectivity index (χ4v) is 2.00. The second kappa shape index (κ2) is 4.77. The van der Waals surface area contributed by atoms with Crippen LogP contribution in [0.1, 0.15) is 15.4 Å². The molecule has 0 aliphatic rings. The van der Waals surface area contributed by atoms with Gasteiger partial charge in [-0.2, -0.15) is 0 Å². The van der Waals surface area contributed by atoms with Crippen LogP contribution in [0.2, 0.25) is 0 Å². The Morgan fingerprint density at radius 2 is 2.06 bits per heavy atom. The van der Waals surface area contributed by atoms with Gasteiger partial charge in [0.2, 0.25) is 5.13 Å². The van der Waals surface area contributed by atoms with Gasteiger partial charge in [0, 0.05) is 13.1 Å². The molecule has 1 heterocycles. The number of carbonyl (C=O) groups is 1. The topological polar surface area (TPSA) is 46.1 Å². The van der Waals surface area contributed by atoms with E-state index in [-0.39, 0.29) is 5.56 Å². The highest BCUT2D eigenvalue weighted by Crippen LogP contribution is 2.21. The van der Waals surface area contributed by atoms with E-state index in [1.807, 2.05) is 0 Å². The van der Waals surface area contributed by atoms with Crippen LogP contribution in [0.25, 0.3) is 0 Å². The fraction of sp³-hybridized carbons (Fsp3) is 0.182. The van der Waals surface area contributed by atoms with Crippen LogP contribution >= 0.6 is 11.3 Å². The number of aromatic nitrogens is 2. The maximum absolute atomic E-state index is 13.5. The Morgan fingerprint density at radius 3 is 2.61 bits per heavy atom. The van der Waals surface area contributed by atoms with E-state index in [1.54, 1.807) is 6.92 Å². The fourth-order valence-electron chi connectivity index (χ4n) is 1.35. The molecule has 0 saturated heterocycles. The van der Waals surface area contributed by atoms with E-state index in [9.17, 15) is 13.6 Å². The third-order valence-electron chi connectivity index (χ3n) is 2.27. The highest BCUT2D eigenvalue weighted by atomic mass is 32.1. The molecule has 1 aromatic heterocycles. The summed E-state index contributed by atoms with van der Waals surface area (Å²) in [6.07, 6.45) is 0. The highest BCUT2D eigenvalue weighted by molar-refractivity contribution is 7.15. The number of benzene rings is 1. The van der Waals surface area contributed by atoms with Crippen molar-refractivity contribution in [2.45, 2.75) is 6.92 Å². The van der Waals surface area contributed by atoms with Gasteiger partial charge in [-0.3, -0.25) is 9.69 Å². The lowest BCUT2D eigenvalue weighted by molar-refractivity contribution is 0.0989. The minimum Gasteiger partial charge on any atom is -0.286 e. The van der Waals surface area contributed by atoms with Crippen LogP contribution in [0.5, 0.6) is 0 Å². The predicted octanol–water partition coefficient (Wildman–Crippen LogP) is 2.40. The van der Waals surface area contributed by atoms with Crippen LogP contribution in [0, 0.1) is 18.6 Å². The van der Waals surface area contributed by atoms with E-state index in [4.69, 9.17) is 0 Å². The Kier molecular flexibility index (Phi) is 3.33. The van der Waals surface area contributed by atoms with Crippen molar-refractivity contribution >= 4 is 22.4 Å². The van der Waals surface area contributed by atoms with Crippen molar-refractivity contribution in [1.82, 2.24) is 10.2 Å². The zero-order valence-electron chi connectivity index (χ0n) is 9.65. The smallest absolute Gasteiger partial charge is 0.262 e. The Balaban J connectivity index is 2.31. The maximum Gasteiger partial charge on any atom is 0.262 e. The molecule has 1 aromatic carbocycles. The Labute approximate surface area is 106 Å². The Hall–Kier alpha value is -1.89. The SMILES string of the molecule is Cc1nnc(N(C)C(=O)c2ccc(F)cc2F)s1. The van der Waals surface area contributed by atoms with Crippen LogP contribution in [-0.4, -0.2) is 23.2 Å². The van der Waals surface area contributed by atoms with Gasteiger partial charge in [-0.25, -0.2) is 8.78 Å². The molecule has 0 radical (unpaired) electrons. The molecule has 0 spiro atoms. The van der Waals surface area contributed by atoms with Gasteiger partial charge in [0.15, 0.2) is 0 Å². The van der Waals surface area contributed by atoms with Gasteiger partial charge in [-0.1, -0.05) is 11.3 Å². The lowest BCUT2D eigenvalue weighted by Crippen LogP contribution is -2.27. The zero-order chi connectivity index (χ0) is 13.3. The van der Waals surface area contributed by atoms with Gasteiger partial charge in [0.05, 0.1) is 5.56 Å². The maximum atomic E-state index is 13.5. The molecule has 4 nitrogen and oxygen atoms in total. The molecule has 0 aliphatic heterocycles. The lowest BCUT2D eigenvalue weighted by atomic mass is 10.2. The average Bonchev–Trinajstić information content (AvgIpc) is 2.74. The number of aryl methyl sites for hydroxylation is 1. The zero-order valence-corrected chi connectivity index (χ0v) is 10.5. The van der Waals surface area contributed by atoms with Crippen LogP contribution in [0.3, 0.4) is 0 Å². The number of rotatable bonds is 2. The van der Waals surface area contributed by atoms with Crippen molar-refractivity contribution in [2.24, 2.45) is 0 Å².